The van der Waals surface area contributed by atoms with Gasteiger partial charge in [0.25, 0.3) is 0 Å². The quantitative estimate of drug-likeness (QED) is 0.841. The van der Waals surface area contributed by atoms with E-state index in [4.69, 9.17) is 0 Å². The van der Waals surface area contributed by atoms with Gasteiger partial charge in [-0.1, -0.05) is 37.3 Å². The molecule has 1 saturated heterocycles. The van der Waals surface area contributed by atoms with Crippen molar-refractivity contribution in [1.29, 1.82) is 0 Å². The minimum atomic E-state index is 0.0856. The van der Waals surface area contributed by atoms with Crippen LogP contribution in [0.2, 0.25) is 0 Å². The lowest BCUT2D eigenvalue weighted by Crippen LogP contribution is -2.56. The number of nitrogens with zero attached hydrogens (tertiary/aromatic N) is 2. The average molecular weight is 274 g/mol. The molecule has 1 aliphatic rings. The molecule has 4 nitrogen and oxygen atoms in total. The summed E-state index contributed by atoms with van der Waals surface area (Å²) in [6, 6.07) is 10.2. The Morgan fingerprint density at radius 1 is 1.20 bits per heavy atom. The van der Waals surface area contributed by atoms with Crippen molar-refractivity contribution in [3.63, 3.8) is 0 Å². The van der Waals surface area contributed by atoms with E-state index < -0.39 is 0 Å². The van der Waals surface area contributed by atoms with Crippen LogP contribution < -0.4 is 0 Å². The molecule has 0 aliphatic carbocycles. The maximum absolute atomic E-state index is 12.1. The lowest BCUT2D eigenvalue weighted by molar-refractivity contribution is -0.141. The van der Waals surface area contributed by atoms with E-state index >= 15 is 0 Å². The third-order valence-corrected chi connectivity index (χ3v) is 3.87. The van der Waals surface area contributed by atoms with Crippen molar-refractivity contribution in [3.8, 4) is 0 Å². The first-order valence-corrected chi connectivity index (χ1v) is 7.20. The van der Waals surface area contributed by atoms with Crippen LogP contribution in [0.3, 0.4) is 0 Å². The highest BCUT2D eigenvalue weighted by Gasteiger charge is 2.30. The molecule has 0 saturated carbocycles. The van der Waals surface area contributed by atoms with Gasteiger partial charge in [0.1, 0.15) is 0 Å². The second kappa shape index (κ2) is 6.55. The van der Waals surface area contributed by atoms with E-state index in [1.54, 1.807) is 6.92 Å². The van der Waals surface area contributed by atoms with Crippen LogP contribution in [0.25, 0.3) is 0 Å². The summed E-state index contributed by atoms with van der Waals surface area (Å²) in [4.78, 5) is 27.4. The SMILES string of the molecule is CCC(=O)N1CCN(C(C)=O)CC1Cc1ccccc1. The van der Waals surface area contributed by atoms with E-state index in [1.807, 2.05) is 34.9 Å². The van der Waals surface area contributed by atoms with Crippen molar-refractivity contribution in [2.24, 2.45) is 0 Å². The van der Waals surface area contributed by atoms with Gasteiger partial charge in [0.05, 0.1) is 6.04 Å². The highest BCUT2D eigenvalue weighted by molar-refractivity contribution is 5.77. The molecular weight excluding hydrogens is 252 g/mol. The highest BCUT2D eigenvalue weighted by Crippen LogP contribution is 2.16. The summed E-state index contributed by atoms with van der Waals surface area (Å²) in [5, 5.41) is 0. The minimum absolute atomic E-state index is 0.0856. The highest BCUT2D eigenvalue weighted by atomic mass is 16.2. The Labute approximate surface area is 120 Å². The lowest BCUT2D eigenvalue weighted by atomic mass is 10.0. The van der Waals surface area contributed by atoms with Gasteiger partial charge in [-0.15, -0.1) is 0 Å². The molecular formula is C16H22N2O2. The van der Waals surface area contributed by atoms with E-state index in [-0.39, 0.29) is 17.9 Å². The van der Waals surface area contributed by atoms with Crippen LogP contribution in [0.1, 0.15) is 25.8 Å². The lowest BCUT2D eigenvalue weighted by Gasteiger charge is -2.41. The number of amides is 2. The molecule has 2 amide bonds. The molecule has 2 rings (SSSR count). The summed E-state index contributed by atoms with van der Waals surface area (Å²) in [6.07, 6.45) is 1.32. The Hall–Kier alpha value is -1.84. The number of carbonyl (C=O) groups is 2. The Balaban J connectivity index is 2.13. The zero-order valence-corrected chi connectivity index (χ0v) is 12.2. The zero-order chi connectivity index (χ0) is 14.5. The molecule has 0 bridgehead atoms. The van der Waals surface area contributed by atoms with Gasteiger partial charge in [0.15, 0.2) is 0 Å². The van der Waals surface area contributed by atoms with Gasteiger partial charge in [-0.2, -0.15) is 0 Å². The van der Waals surface area contributed by atoms with Crippen molar-refractivity contribution < 1.29 is 9.59 Å². The van der Waals surface area contributed by atoms with E-state index in [1.165, 1.54) is 5.56 Å². The van der Waals surface area contributed by atoms with Crippen LogP contribution >= 0.6 is 0 Å². The van der Waals surface area contributed by atoms with Gasteiger partial charge in [-0.25, -0.2) is 0 Å². The maximum Gasteiger partial charge on any atom is 0.222 e. The molecule has 1 atom stereocenters. The first-order chi connectivity index (χ1) is 9.61. The molecule has 1 fully saturated rings. The van der Waals surface area contributed by atoms with Gasteiger partial charge >= 0.3 is 0 Å². The molecule has 1 heterocycles. The van der Waals surface area contributed by atoms with Crippen molar-refractivity contribution >= 4 is 11.8 Å². The molecule has 0 spiro atoms. The van der Waals surface area contributed by atoms with Crippen LogP contribution in [0.15, 0.2) is 30.3 Å². The molecule has 1 aliphatic heterocycles. The fraction of sp³-hybridized carbons (Fsp3) is 0.500. The van der Waals surface area contributed by atoms with E-state index in [0.717, 1.165) is 6.42 Å². The average Bonchev–Trinajstić information content (AvgIpc) is 2.47. The second-order valence-corrected chi connectivity index (χ2v) is 5.25. The number of hydrogen-bond donors (Lipinski definition) is 0. The molecule has 1 aromatic rings. The van der Waals surface area contributed by atoms with Gasteiger partial charge in [-0.3, -0.25) is 9.59 Å². The number of carbonyl (C=O) groups excluding carboxylic acids is 2. The van der Waals surface area contributed by atoms with E-state index in [0.29, 0.717) is 26.1 Å². The van der Waals surface area contributed by atoms with Crippen LogP contribution in [-0.4, -0.2) is 47.3 Å². The van der Waals surface area contributed by atoms with Gasteiger partial charge in [-0.05, 0) is 12.0 Å². The first kappa shape index (κ1) is 14.6. The molecule has 108 valence electrons. The van der Waals surface area contributed by atoms with Crippen LogP contribution in [0, 0.1) is 0 Å². The Bertz CT molecular complexity index is 473. The zero-order valence-electron chi connectivity index (χ0n) is 12.2. The maximum atomic E-state index is 12.1. The molecule has 0 aromatic heterocycles. The topological polar surface area (TPSA) is 40.6 Å². The third-order valence-electron chi connectivity index (χ3n) is 3.87. The monoisotopic (exact) mass is 274 g/mol. The largest absolute Gasteiger partial charge is 0.339 e. The van der Waals surface area contributed by atoms with Crippen LogP contribution in [-0.2, 0) is 16.0 Å². The Kier molecular flexibility index (Phi) is 4.77. The summed E-state index contributed by atoms with van der Waals surface area (Å²) in [6.45, 7) is 5.40. The van der Waals surface area contributed by atoms with Crippen molar-refractivity contribution in [2.45, 2.75) is 32.7 Å². The van der Waals surface area contributed by atoms with Crippen molar-refractivity contribution in [3.05, 3.63) is 35.9 Å². The fourth-order valence-corrected chi connectivity index (χ4v) is 2.73. The predicted octanol–water partition coefficient (Wildman–Crippen LogP) is 1.70. The molecule has 1 unspecified atom stereocenters. The molecule has 4 heteroatoms. The van der Waals surface area contributed by atoms with Crippen LogP contribution in [0.4, 0.5) is 0 Å². The smallest absolute Gasteiger partial charge is 0.222 e. The number of benzene rings is 1. The van der Waals surface area contributed by atoms with Gasteiger partial charge in [0, 0.05) is 33.0 Å². The molecule has 0 radical (unpaired) electrons. The summed E-state index contributed by atoms with van der Waals surface area (Å²) in [5.74, 6) is 0.265. The molecule has 1 aromatic carbocycles. The summed E-state index contributed by atoms with van der Waals surface area (Å²) >= 11 is 0. The van der Waals surface area contributed by atoms with E-state index in [2.05, 4.69) is 12.1 Å². The third kappa shape index (κ3) is 3.38. The van der Waals surface area contributed by atoms with Crippen molar-refractivity contribution in [2.75, 3.05) is 19.6 Å². The molecule has 20 heavy (non-hydrogen) atoms. The summed E-state index contributed by atoms with van der Waals surface area (Å²) < 4.78 is 0. The summed E-state index contributed by atoms with van der Waals surface area (Å²) in [5.41, 5.74) is 1.21. The number of hydrogen-bond acceptors (Lipinski definition) is 2. The number of rotatable bonds is 3. The van der Waals surface area contributed by atoms with Crippen molar-refractivity contribution in [1.82, 2.24) is 9.80 Å². The summed E-state index contributed by atoms with van der Waals surface area (Å²) in [7, 11) is 0. The Morgan fingerprint density at radius 2 is 1.90 bits per heavy atom. The Morgan fingerprint density at radius 3 is 2.50 bits per heavy atom. The second-order valence-electron chi connectivity index (χ2n) is 5.25. The fourth-order valence-electron chi connectivity index (χ4n) is 2.73. The van der Waals surface area contributed by atoms with E-state index in [9.17, 15) is 9.59 Å². The van der Waals surface area contributed by atoms with Gasteiger partial charge in [0.2, 0.25) is 11.8 Å². The van der Waals surface area contributed by atoms with Gasteiger partial charge < -0.3 is 9.80 Å². The van der Waals surface area contributed by atoms with Crippen LogP contribution in [0.5, 0.6) is 0 Å². The minimum Gasteiger partial charge on any atom is -0.339 e. The number of piperazine rings is 1. The normalized spacial score (nSPS) is 19.0. The standard InChI is InChI=1S/C16H22N2O2/c1-3-16(20)18-10-9-17(13(2)19)12-15(18)11-14-7-5-4-6-8-14/h4-8,15H,3,9-12H2,1-2H3. The first-order valence-electron chi connectivity index (χ1n) is 7.20. The molecule has 0 N–H and O–H groups in total. The predicted molar refractivity (Wildman–Crippen MR) is 78.2 cm³/mol.